The molecule has 164 valence electrons. The van der Waals surface area contributed by atoms with E-state index in [1.165, 1.54) is 5.57 Å². The van der Waals surface area contributed by atoms with E-state index in [1.807, 2.05) is 65.3 Å². The zero-order chi connectivity index (χ0) is 23.0. The molecule has 1 aromatic heterocycles. The highest BCUT2D eigenvalue weighted by Gasteiger charge is 2.70. The Morgan fingerprint density at radius 1 is 0.697 bits per heavy atom. The van der Waals surface area contributed by atoms with Crippen LogP contribution in [0.2, 0.25) is 0 Å². The third-order valence-corrected chi connectivity index (χ3v) is 7.97. The van der Waals surface area contributed by atoms with Crippen LogP contribution < -0.4 is 15.0 Å². The van der Waals surface area contributed by atoms with Gasteiger partial charge in [0.05, 0.1) is 5.39 Å². The maximum Gasteiger partial charge on any atom is 0.407 e. The van der Waals surface area contributed by atoms with Crippen LogP contribution in [0.25, 0.3) is 16.5 Å². The Hall–Kier alpha value is -3.66. The van der Waals surface area contributed by atoms with Crippen molar-refractivity contribution in [3.63, 3.8) is 0 Å². The molecule has 3 aromatic carbocycles. The minimum atomic E-state index is -0.886. The van der Waals surface area contributed by atoms with Crippen molar-refractivity contribution in [2.75, 3.05) is 0 Å². The highest BCUT2D eigenvalue weighted by atomic mass is 16.5. The van der Waals surface area contributed by atoms with E-state index in [9.17, 15) is 4.79 Å². The summed E-state index contributed by atoms with van der Waals surface area (Å²) in [6.07, 6.45) is 0. The van der Waals surface area contributed by atoms with Crippen LogP contribution in [0.4, 0.5) is 0 Å². The van der Waals surface area contributed by atoms with Gasteiger partial charge in [-0.15, -0.1) is 5.10 Å². The van der Waals surface area contributed by atoms with Gasteiger partial charge in [-0.3, -0.25) is 4.79 Å². The summed E-state index contributed by atoms with van der Waals surface area (Å²) in [6.45, 7) is 9.09. The van der Waals surface area contributed by atoms with Crippen molar-refractivity contribution in [3.8, 4) is 5.88 Å². The van der Waals surface area contributed by atoms with Gasteiger partial charge in [-0.1, -0.05) is 100 Å². The number of hydrogen-bond acceptors (Lipinski definition) is 2. The van der Waals surface area contributed by atoms with Crippen LogP contribution in [-0.4, -0.2) is 5.10 Å². The van der Waals surface area contributed by atoms with E-state index in [0.29, 0.717) is 11.3 Å². The first kappa shape index (κ1) is 20.0. The first-order valence-corrected chi connectivity index (χ1v) is 11.4. The molecule has 0 saturated heterocycles. The Kier molecular flexibility index (Phi) is 3.90. The Morgan fingerprint density at radius 2 is 1.18 bits per heavy atom. The first-order valence-electron chi connectivity index (χ1n) is 11.4. The molecule has 1 saturated carbocycles. The second kappa shape index (κ2) is 6.44. The van der Waals surface area contributed by atoms with E-state index >= 15 is 0 Å². The molecule has 4 aromatic rings. The molecule has 0 radical (unpaired) electrons. The summed E-state index contributed by atoms with van der Waals surface area (Å²) >= 11 is 0. The number of rotatable bonds is 2. The van der Waals surface area contributed by atoms with Crippen molar-refractivity contribution < 1.29 is 9.42 Å². The number of H-pyrrole nitrogens is 1. The highest BCUT2D eigenvalue weighted by Crippen LogP contribution is 2.71. The van der Waals surface area contributed by atoms with Crippen LogP contribution in [0.5, 0.6) is 5.88 Å². The lowest BCUT2D eigenvalue weighted by Gasteiger charge is -2.26. The predicted molar refractivity (Wildman–Crippen MR) is 130 cm³/mol. The number of ether oxygens (including phenoxy) is 1. The summed E-state index contributed by atoms with van der Waals surface area (Å²) in [7, 11) is 0. The largest absolute Gasteiger partial charge is 0.414 e. The van der Waals surface area contributed by atoms with Gasteiger partial charge in [0.25, 0.3) is 11.3 Å². The number of hydrogen-bond donors (Lipinski definition) is 1. The maximum absolute atomic E-state index is 13.2. The van der Waals surface area contributed by atoms with Crippen molar-refractivity contribution in [2.24, 2.45) is 10.8 Å². The SMILES string of the molecule is CC1(C)C(=C2[n+]3[nH]c(=O)c4ccccc4c3OC2(c2ccccc2)c2ccccc2)C1(C)C. The Balaban J connectivity index is 1.81. The molecule has 1 N–H and O–H groups in total. The molecule has 0 amide bonds. The quantitative estimate of drug-likeness (QED) is 0.427. The molecule has 0 atom stereocenters. The number of fused-ring (bicyclic) bond motifs is 3. The van der Waals surface area contributed by atoms with E-state index in [-0.39, 0.29) is 16.4 Å². The standard InChI is InChI=1S/C29H26N2O2/c1-27(2)23(28(27,3)4)24-29(19-13-7-5-8-14-19,20-15-9-6-10-16-20)33-26-22-18-12-11-17-21(22)25(32)30-31(24)26/h5-18H,1-4H3/p+1. The number of nitrogens with zero attached hydrogens (tertiary/aromatic N) is 1. The lowest BCUT2D eigenvalue weighted by atomic mass is 9.82. The van der Waals surface area contributed by atoms with E-state index in [0.717, 1.165) is 22.2 Å². The van der Waals surface area contributed by atoms with Crippen molar-refractivity contribution in [2.45, 2.75) is 33.3 Å². The van der Waals surface area contributed by atoms with Crippen LogP contribution in [0.15, 0.2) is 95.3 Å². The molecular formula is C29H27N2O2+. The first-order chi connectivity index (χ1) is 15.8. The Labute approximate surface area is 193 Å². The van der Waals surface area contributed by atoms with Crippen molar-refractivity contribution >= 4 is 16.5 Å². The van der Waals surface area contributed by atoms with Crippen molar-refractivity contribution in [1.29, 1.82) is 0 Å². The van der Waals surface area contributed by atoms with Gasteiger partial charge in [-0.05, 0) is 16.8 Å². The number of benzene rings is 3. The molecule has 4 heteroatoms. The molecule has 33 heavy (non-hydrogen) atoms. The number of nitrogens with one attached hydrogen (secondary N) is 1. The third-order valence-electron chi connectivity index (χ3n) is 7.97. The summed E-state index contributed by atoms with van der Waals surface area (Å²) in [6, 6.07) is 28.3. The zero-order valence-corrected chi connectivity index (χ0v) is 19.3. The molecule has 1 aliphatic heterocycles. The average Bonchev–Trinajstić information content (AvgIpc) is 3.07. The van der Waals surface area contributed by atoms with Gasteiger partial charge in [-0.2, -0.15) is 0 Å². The Bertz CT molecular complexity index is 1440. The van der Waals surface area contributed by atoms with Crippen molar-refractivity contribution in [1.82, 2.24) is 5.10 Å². The maximum atomic E-state index is 13.2. The average molecular weight is 436 g/mol. The lowest BCUT2D eigenvalue weighted by molar-refractivity contribution is -0.639. The molecule has 4 nitrogen and oxygen atoms in total. The van der Waals surface area contributed by atoms with E-state index in [1.54, 1.807) is 0 Å². The summed E-state index contributed by atoms with van der Waals surface area (Å²) in [5.41, 5.74) is 3.25. The molecule has 0 bridgehead atoms. The van der Waals surface area contributed by atoms with Gasteiger partial charge in [0, 0.05) is 27.5 Å². The third kappa shape index (κ3) is 2.46. The van der Waals surface area contributed by atoms with Gasteiger partial charge in [-0.25, -0.2) is 0 Å². The minimum Gasteiger partial charge on any atom is -0.414 e. The van der Waals surface area contributed by atoms with Crippen LogP contribution >= 0.6 is 0 Å². The summed E-state index contributed by atoms with van der Waals surface area (Å²) in [5, 5.41) is 4.58. The number of aromatic amines is 1. The van der Waals surface area contributed by atoms with E-state index < -0.39 is 5.60 Å². The highest BCUT2D eigenvalue weighted by molar-refractivity contribution is 5.87. The normalized spacial score (nSPS) is 19.3. The van der Waals surface area contributed by atoms with Gasteiger partial charge < -0.3 is 4.74 Å². The molecule has 0 unspecified atom stereocenters. The van der Waals surface area contributed by atoms with Crippen LogP contribution in [-0.2, 0) is 5.60 Å². The lowest BCUT2D eigenvalue weighted by Crippen LogP contribution is -2.44. The van der Waals surface area contributed by atoms with E-state index in [2.05, 4.69) is 57.1 Å². The molecular weight excluding hydrogens is 408 g/mol. The summed E-state index contributed by atoms with van der Waals surface area (Å²) in [5.74, 6) is 0.666. The van der Waals surface area contributed by atoms with Crippen LogP contribution in [0.1, 0.15) is 38.8 Å². The Morgan fingerprint density at radius 3 is 1.70 bits per heavy atom. The van der Waals surface area contributed by atoms with Gasteiger partial charge in [0.1, 0.15) is 5.39 Å². The predicted octanol–water partition coefficient (Wildman–Crippen LogP) is 5.43. The fraction of sp³-hybridized carbons (Fsp3) is 0.241. The molecule has 0 spiro atoms. The molecule has 2 heterocycles. The smallest absolute Gasteiger partial charge is 0.407 e. The van der Waals surface area contributed by atoms with Gasteiger partial charge in [0.15, 0.2) is 0 Å². The monoisotopic (exact) mass is 435 g/mol. The van der Waals surface area contributed by atoms with Gasteiger partial charge in [0.2, 0.25) is 0 Å². The van der Waals surface area contributed by atoms with Gasteiger partial charge >= 0.3 is 11.4 Å². The fourth-order valence-corrected chi connectivity index (χ4v) is 5.62. The van der Waals surface area contributed by atoms with E-state index in [4.69, 9.17) is 4.74 Å². The summed E-state index contributed by atoms with van der Waals surface area (Å²) < 4.78 is 8.98. The fourth-order valence-electron chi connectivity index (χ4n) is 5.62. The summed E-state index contributed by atoms with van der Waals surface area (Å²) in [4.78, 5) is 13.2. The van der Waals surface area contributed by atoms with Crippen LogP contribution in [0, 0.1) is 10.8 Å². The topological polar surface area (TPSA) is 46.0 Å². The number of allylic oxidation sites excluding steroid dienone is 1. The van der Waals surface area contributed by atoms with Crippen molar-refractivity contribution in [3.05, 3.63) is 112 Å². The molecule has 6 rings (SSSR count). The molecule has 2 aliphatic rings. The second-order valence-electron chi connectivity index (χ2n) is 10.1. The van der Waals surface area contributed by atoms with Crippen LogP contribution in [0.3, 0.4) is 0 Å². The number of aromatic nitrogens is 2. The molecule has 1 aliphatic carbocycles. The zero-order valence-electron chi connectivity index (χ0n) is 19.3. The molecule has 1 fully saturated rings. The minimum absolute atomic E-state index is 0.0440. The second-order valence-corrected chi connectivity index (χ2v) is 10.1.